The smallest absolute Gasteiger partial charge is 0.321 e. The number of imide groups is 1. The molecule has 3 N–H and O–H groups in total. The molecule has 1 saturated heterocycles. The van der Waals surface area contributed by atoms with Crippen molar-refractivity contribution in [2.24, 2.45) is 11.8 Å². The predicted molar refractivity (Wildman–Crippen MR) is 71.1 cm³/mol. The summed E-state index contributed by atoms with van der Waals surface area (Å²) in [7, 11) is 0. The van der Waals surface area contributed by atoms with Crippen molar-refractivity contribution in [2.45, 2.75) is 32.6 Å². The first-order chi connectivity index (χ1) is 9.47. The molecule has 0 aromatic rings. The number of aliphatic carboxylic acids is 1. The molecule has 1 aliphatic heterocycles. The van der Waals surface area contributed by atoms with Crippen molar-refractivity contribution < 1.29 is 24.2 Å². The molecule has 1 fully saturated rings. The fourth-order valence-electron chi connectivity index (χ4n) is 2.10. The molecule has 1 rings (SSSR count). The fraction of sp³-hybridized carbons (Fsp3) is 0.769. The average Bonchev–Trinajstić information content (AvgIpc) is 2.36. The first-order valence-electron chi connectivity index (χ1n) is 6.84. The lowest BCUT2D eigenvalue weighted by Gasteiger charge is -2.22. The quantitative estimate of drug-likeness (QED) is 0.668. The molecule has 1 aliphatic rings. The van der Waals surface area contributed by atoms with E-state index in [4.69, 9.17) is 9.84 Å². The van der Waals surface area contributed by atoms with Crippen molar-refractivity contribution in [3.8, 4) is 0 Å². The second-order valence-corrected chi connectivity index (χ2v) is 5.22. The van der Waals surface area contributed by atoms with Crippen molar-refractivity contribution in [3.63, 3.8) is 0 Å². The highest BCUT2D eigenvalue weighted by Gasteiger charge is 2.17. The molecular weight excluding hydrogens is 264 g/mol. The lowest BCUT2D eigenvalue weighted by Crippen LogP contribution is -2.42. The van der Waals surface area contributed by atoms with E-state index in [-0.39, 0.29) is 18.8 Å². The summed E-state index contributed by atoms with van der Waals surface area (Å²) in [6.07, 6.45) is 1.75. The minimum atomic E-state index is -0.950. The summed E-state index contributed by atoms with van der Waals surface area (Å²) >= 11 is 0. The summed E-state index contributed by atoms with van der Waals surface area (Å²) in [6, 6.07) is -0.524. The van der Waals surface area contributed by atoms with Gasteiger partial charge in [0, 0.05) is 32.6 Å². The summed E-state index contributed by atoms with van der Waals surface area (Å²) in [5.41, 5.74) is 0. The normalized spacial score (nSPS) is 17.2. The number of urea groups is 1. The van der Waals surface area contributed by atoms with E-state index in [1.807, 2.05) is 0 Å². The van der Waals surface area contributed by atoms with Crippen LogP contribution < -0.4 is 10.6 Å². The van der Waals surface area contributed by atoms with Gasteiger partial charge < -0.3 is 15.2 Å². The van der Waals surface area contributed by atoms with Gasteiger partial charge in [-0.25, -0.2) is 4.79 Å². The van der Waals surface area contributed by atoms with Crippen LogP contribution in [-0.4, -0.2) is 42.8 Å². The Hall–Kier alpha value is -1.63. The molecule has 0 aliphatic carbocycles. The molecule has 7 heteroatoms. The number of hydrogen-bond donors (Lipinski definition) is 3. The maximum Gasteiger partial charge on any atom is 0.321 e. The number of nitrogens with one attached hydrogen (secondary N) is 2. The zero-order chi connectivity index (χ0) is 15.0. The van der Waals surface area contributed by atoms with E-state index in [1.165, 1.54) is 0 Å². The third-order valence-electron chi connectivity index (χ3n) is 3.20. The predicted octanol–water partition coefficient (Wildman–Crippen LogP) is 0.740. The van der Waals surface area contributed by atoms with Gasteiger partial charge in [-0.05, 0) is 24.7 Å². The molecule has 0 aromatic carbocycles. The van der Waals surface area contributed by atoms with Crippen LogP contribution in [0.15, 0.2) is 0 Å². The van der Waals surface area contributed by atoms with Crippen molar-refractivity contribution in [1.29, 1.82) is 0 Å². The summed E-state index contributed by atoms with van der Waals surface area (Å²) in [5, 5.41) is 13.5. The van der Waals surface area contributed by atoms with Gasteiger partial charge in [0.25, 0.3) is 0 Å². The Morgan fingerprint density at radius 1 is 1.25 bits per heavy atom. The van der Waals surface area contributed by atoms with Crippen LogP contribution in [0.5, 0.6) is 0 Å². The maximum atomic E-state index is 11.5. The molecule has 0 saturated carbocycles. The third-order valence-corrected chi connectivity index (χ3v) is 3.20. The van der Waals surface area contributed by atoms with Gasteiger partial charge in [-0.3, -0.25) is 14.9 Å². The minimum absolute atomic E-state index is 0.0248. The van der Waals surface area contributed by atoms with Crippen LogP contribution >= 0.6 is 0 Å². The third kappa shape index (κ3) is 7.08. The Morgan fingerprint density at radius 3 is 2.50 bits per heavy atom. The summed E-state index contributed by atoms with van der Waals surface area (Å²) < 4.78 is 5.22. The number of carboxylic acids is 1. The zero-order valence-corrected chi connectivity index (χ0v) is 11.7. The SMILES string of the molecule is CC(CC(=O)O)CC(=O)NC(=O)NCC1CCOCC1. The van der Waals surface area contributed by atoms with Crippen molar-refractivity contribution in [2.75, 3.05) is 19.8 Å². The average molecular weight is 286 g/mol. The molecule has 0 aromatic heterocycles. The summed E-state index contributed by atoms with van der Waals surface area (Å²) in [6.45, 7) is 3.60. The van der Waals surface area contributed by atoms with Crippen LogP contribution in [0, 0.1) is 11.8 Å². The summed E-state index contributed by atoms with van der Waals surface area (Å²) in [4.78, 5) is 33.5. The molecule has 1 heterocycles. The van der Waals surface area contributed by atoms with Crippen molar-refractivity contribution in [3.05, 3.63) is 0 Å². The Balaban J connectivity index is 2.17. The van der Waals surface area contributed by atoms with Crippen molar-refractivity contribution in [1.82, 2.24) is 10.6 Å². The lowest BCUT2D eigenvalue weighted by atomic mass is 10.0. The first kappa shape index (κ1) is 16.4. The van der Waals surface area contributed by atoms with Gasteiger partial charge >= 0.3 is 12.0 Å². The molecule has 0 spiro atoms. The molecule has 3 amide bonds. The Bertz CT molecular complexity index is 353. The van der Waals surface area contributed by atoms with Crippen molar-refractivity contribution >= 4 is 17.9 Å². The molecule has 1 unspecified atom stereocenters. The number of rotatable bonds is 6. The number of carbonyl (C=O) groups is 3. The van der Waals surface area contributed by atoms with Crippen LogP contribution in [0.25, 0.3) is 0 Å². The molecule has 20 heavy (non-hydrogen) atoms. The molecule has 7 nitrogen and oxygen atoms in total. The van der Waals surface area contributed by atoms with Gasteiger partial charge in [0.2, 0.25) is 5.91 Å². The Labute approximate surface area is 118 Å². The van der Waals surface area contributed by atoms with Crippen LogP contribution in [0.1, 0.15) is 32.6 Å². The zero-order valence-electron chi connectivity index (χ0n) is 11.7. The van der Waals surface area contributed by atoms with Gasteiger partial charge in [-0.2, -0.15) is 0 Å². The van der Waals surface area contributed by atoms with E-state index in [2.05, 4.69) is 10.6 Å². The maximum absolute atomic E-state index is 11.5. The monoisotopic (exact) mass is 286 g/mol. The van der Waals surface area contributed by atoms with E-state index < -0.39 is 17.9 Å². The second-order valence-electron chi connectivity index (χ2n) is 5.22. The largest absolute Gasteiger partial charge is 0.481 e. The molecule has 0 bridgehead atoms. The number of ether oxygens (including phenoxy) is 1. The molecular formula is C13H22N2O5. The highest BCUT2D eigenvalue weighted by atomic mass is 16.5. The topological polar surface area (TPSA) is 105 Å². The van der Waals surface area contributed by atoms with Crippen LogP contribution in [0.2, 0.25) is 0 Å². The second kappa shape index (κ2) is 8.52. The minimum Gasteiger partial charge on any atom is -0.481 e. The van der Waals surface area contributed by atoms with Gasteiger partial charge in [0.05, 0.1) is 0 Å². The number of amides is 3. The Morgan fingerprint density at radius 2 is 1.90 bits per heavy atom. The number of carbonyl (C=O) groups excluding carboxylic acids is 2. The van der Waals surface area contributed by atoms with E-state index in [0.29, 0.717) is 25.7 Å². The van der Waals surface area contributed by atoms with Gasteiger partial charge in [-0.1, -0.05) is 6.92 Å². The molecule has 114 valence electrons. The number of hydrogen-bond acceptors (Lipinski definition) is 4. The molecule has 0 radical (unpaired) electrons. The first-order valence-corrected chi connectivity index (χ1v) is 6.84. The van der Waals surface area contributed by atoms with E-state index in [9.17, 15) is 14.4 Å². The highest BCUT2D eigenvalue weighted by molar-refractivity contribution is 5.94. The van der Waals surface area contributed by atoms with E-state index in [0.717, 1.165) is 12.8 Å². The van der Waals surface area contributed by atoms with Gasteiger partial charge in [0.1, 0.15) is 0 Å². The number of carboxylic acid groups (broad SMARTS) is 1. The van der Waals surface area contributed by atoms with Crippen LogP contribution in [0.4, 0.5) is 4.79 Å². The molecule has 1 atom stereocenters. The highest BCUT2D eigenvalue weighted by Crippen LogP contribution is 2.13. The fourth-order valence-corrected chi connectivity index (χ4v) is 2.10. The van der Waals surface area contributed by atoms with Gasteiger partial charge in [0.15, 0.2) is 0 Å². The van der Waals surface area contributed by atoms with Crippen LogP contribution in [-0.2, 0) is 14.3 Å². The standard InChI is InChI=1S/C13H22N2O5/c1-9(7-12(17)18)6-11(16)15-13(19)14-8-10-2-4-20-5-3-10/h9-10H,2-8H2,1H3,(H,17,18)(H2,14,15,16,19). The summed E-state index contributed by atoms with van der Waals surface area (Å²) in [5.74, 6) is -1.32. The lowest BCUT2D eigenvalue weighted by molar-refractivity contribution is -0.138. The van der Waals surface area contributed by atoms with E-state index >= 15 is 0 Å². The van der Waals surface area contributed by atoms with E-state index in [1.54, 1.807) is 6.92 Å². The Kier molecular flexibility index (Phi) is 7.00. The van der Waals surface area contributed by atoms with Gasteiger partial charge in [-0.15, -0.1) is 0 Å². The van der Waals surface area contributed by atoms with Crippen LogP contribution in [0.3, 0.4) is 0 Å².